The van der Waals surface area contributed by atoms with Crippen molar-refractivity contribution >= 4 is 13.7 Å². The Morgan fingerprint density at radius 1 is 0.372 bits per heavy atom. The van der Waals surface area contributed by atoms with Crippen molar-refractivity contribution in [1.29, 1.82) is 0 Å². The molecular formula is C85H150N2O6P+. The topological polar surface area (TPSA) is 105 Å². The molecule has 9 heteroatoms. The van der Waals surface area contributed by atoms with E-state index in [1.165, 1.54) is 180 Å². The van der Waals surface area contributed by atoms with Crippen LogP contribution in [0.5, 0.6) is 0 Å². The lowest BCUT2D eigenvalue weighted by Gasteiger charge is -2.26. The summed E-state index contributed by atoms with van der Waals surface area (Å²) in [7, 11) is 1.59. The number of phosphoric acid groups is 1. The maximum atomic E-state index is 13.1. The second-order valence-corrected chi connectivity index (χ2v) is 28.8. The van der Waals surface area contributed by atoms with E-state index in [1.807, 2.05) is 21.1 Å². The predicted molar refractivity (Wildman–Crippen MR) is 414 cm³/mol. The molecule has 0 aromatic carbocycles. The largest absolute Gasteiger partial charge is 0.472 e. The highest BCUT2D eigenvalue weighted by molar-refractivity contribution is 7.47. The second-order valence-electron chi connectivity index (χ2n) is 27.4. The second kappa shape index (κ2) is 73.6. The zero-order valence-corrected chi connectivity index (χ0v) is 62.8. The third-order valence-electron chi connectivity index (χ3n) is 17.1. The smallest absolute Gasteiger partial charge is 0.391 e. The normalized spacial score (nSPS) is 14.3. The van der Waals surface area contributed by atoms with Crippen LogP contribution in [0, 0.1) is 0 Å². The van der Waals surface area contributed by atoms with Gasteiger partial charge in [-0.2, -0.15) is 0 Å². The Bertz CT molecular complexity index is 2050. The Morgan fingerprint density at radius 3 is 0.936 bits per heavy atom. The number of phosphoric ester groups is 1. The number of allylic oxidation sites excluding steroid dienone is 24. The van der Waals surface area contributed by atoms with Gasteiger partial charge in [-0.3, -0.25) is 13.8 Å². The van der Waals surface area contributed by atoms with Crippen molar-refractivity contribution in [2.75, 3.05) is 40.9 Å². The minimum atomic E-state index is -4.35. The molecule has 0 radical (unpaired) electrons. The lowest BCUT2D eigenvalue weighted by molar-refractivity contribution is -0.870. The molecule has 0 saturated carbocycles. The number of hydrogen-bond acceptors (Lipinski definition) is 5. The van der Waals surface area contributed by atoms with Crippen molar-refractivity contribution in [3.63, 3.8) is 0 Å². The van der Waals surface area contributed by atoms with Crippen molar-refractivity contribution in [2.24, 2.45) is 0 Å². The van der Waals surface area contributed by atoms with Crippen LogP contribution in [0.3, 0.4) is 0 Å². The fraction of sp³-hybridized carbons (Fsp3) is 0.706. The van der Waals surface area contributed by atoms with E-state index in [2.05, 4.69) is 165 Å². The van der Waals surface area contributed by atoms with Crippen LogP contribution in [0.4, 0.5) is 0 Å². The summed E-state index contributed by atoms with van der Waals surface area (Å²) in [4.78, 5) is 23.5. The van der Waals surface area contributed by atoms with Crippen molar-refractivity contribution in [3.05, 3.63) is 146 Å². The van der Waals surface area contributed by atoms with Gasteiger partial charge in [0.05, 0.1) is 39.9 Å². The molecule has 0 aliphatic rings. The molecule has 3 unspecified atom stereocenters. The molecule has 0 heterocycles. The number of carbonyl (C=O) groups excluding carboxylic acids is 1. The standard InChI is InChI=1S/C85H149N2O6P/c1-6-8-10-12-14-16-18-20-22-24-26-28-30-32-34-36-38-39-40-41-42-43-44-45-46-47-49-51-53-55-57-59-61-63-65-67-69-71-73-75-77-79-85(89)86-83(82-93-94(90,91)92-81-80-87(3,4)5)84(88)78-76-74-72-70-68-66-64-62-60-58-56-54-52-50-48-37-35-33-31-29-27-25-23-21-19-17-15-13-11-9-7-2/h8,10,14,16,20,22,26,28,32,34,38-39,41-42,44-45,47,49,53,55,59,61,65,67,83-84,88H,6-7,9,11-13,15,17-19,21,23-25,27,29-31,33,35-37,40,43,46,48,50-52,54,56-58,60,62-64,66,68-82H2,1-5H3,(H-,86,89,90,91)/p+1/b10-8-,16-14-,22-20-,28-26-,34-32-,39-38-,42-41-,45-44-,49-47-,55-53-,61-59-,67-65-. The SMILES string of the molecule is CC/C=C\C/C=C\C/C=C\C/C=C\C/C=C\C/C=C\C/C=C\C/C=C\C/C=C\C/C=C\C/C=C\C/C=C\CCCCCCC(=O)NC(COP(=O)(O)OCC[N+](C)(C)C)C(O)CCCCCCCCCCCCCCCCCCCCCCCCCCCCCCCCC. The van der Waals surface area contributed by atoms with E-state index in [0.717, 1.165) is 128 Å². The number of carbonyl (C=O) groups is 1. The molecule has 94 heavy (non-hydrogen) atoms. The quantitative estimate of drug-likeness (QED) is 0.0243. The van der Waals surface area contributed by atoms with Crippen LogP contribution in [0.1, 0.15) is 335 Å². The van der Waals surface area contributed by atoms with Crippen LogP contribution < -0.4 is 5.32 Å². The molecule has 3 N–H and O–H groups in total. The zero-order valence-electron chi connectivity index (χ0n) is 61.9. The van der Waals surface area contributed by atoms with Gasteiger partial charge in [-0.25, -0.2) is 4.57 Å². The minimum absolute atomic E-state index is 0.0626. The van der Waals surface area contributed by atoms with Gasteiger partial charge in [0.1, 0.15) is 13.2 Å². The molecule has 1 amide bonds. The first-order valence-electron chi connectivity index (χ1n) is 39.2. The number of nitrogens with one attached hydrogen (secondary N) is 1. The highest BCUT2D eigenvalue weighted by Gasteiger charge is 2.28. The molecule has 0 aromatic heterocycles. The van der Waals surface area contributed by atoms with Gasteiger partial charge in [-0.15, -0.1) is 0 Å². The van der Waals surface area contributed by atoms with Gasteiger partial charge in [0, 0.05) is 6.42 Å². The number of amides is 1. The summed E-state index contributed by atoms with van der Waals surface area (Å²) >= 11 is 0. The number of rotatable bonds is 71. The minimum Gasteiger partial charge on any atom is -0.391 e. The van der Waals surface area contributed by atoms with Crippen LogP contribution >= 0.6 is 7.82 Å². The fourth-order valence-electron chi connectivity index (χ4n) is 11.1. The van der Waals surface area contributed by atoms with Crippen LogP contribution in [0.15, 0.2) is 146 Å². The van der Waals surface area contributed by atoms with E-state index in [1.54, 1.807) is 0 Å². The summed E-state index contributed by atoms with van der Waals surface area (Å²) in [5.74, 6) is -0.170. The first-order chi connectivity index (χ1) is 46.0. The molecule has 0 aliphatic carbocycles. The number of nitrogens with zero attached hydrogens (tertiary/aromatic N) is 1. The average Bonchev–Trinajstić information content (AvgIpc) is 1.77. The van der Waals surface area contributed by atoms with Crippen molar-refractivity contribution in [3.8, 4) is 0 Å². The van der Waals surface area contributed by atoms with Gasteiger partial charge < -0.3 is 19.8 Å². The van der Waals surface area contributed by atoms with Crippen LogP contribution in [-0.2, 0) is 18.4 Å². The molecule has 0 aromatic rings. The highest BCUT2D eigenvalue weighted by atomic mass is 31.2. The summed E-state index contributed by atoms with van der Waals surface area (Å²) in [6.07, 6.45) is 113. The van der Waals surface area contributed by atoms with Gasteiger partial charge in [-0.05, 0) is 103 Å². The van der Waals surface area contributed by atoms with E-state index < -0.39 is 20.0 Å². The van der Waals surface area contributed by atoms with E-state index in [0.29, 0.717) is 23.9 Å². The average molecular weight is 1330 g/mol. The highest BCUT2D eigenvalue weighted by Crippen LogP contribution is 2.43. The number of quaternary nitrogens is 1. The fourth-order valence-corrected chi connectivity index (χ4v) is 11.8. The molecular weight excluding hydrogens is 1180 g/mol. The Labute approximate surface area is 582 Å². The maximum absolute atomic E-state index is 13.1. The molecule has 0 saturated heterocycles. The summed E-state index contributed by atoms with van der Waals surface area (Å²) in [5, 5.41) is 14.2. The number of likely N-dealkylation sites (N-methyl/N-ethyl adjacent to an activating group) is 1. The lowest BCUT2D eigenvalue weighted by Crippen LogP contribution is -2.46. The molecule has 3 atom stereocenters. The Balaban J connectivity index is 4.11. The van der Waals surface area contributed by atoms with Gasteiger partial charge in [0.2, 0.25) is 5.91 Å². The van der Waals surface area contributed by atoms with Crippen molar-refractivity contribution in [2.45, 2.75) is 347 Å². The number of aliphatic hydroxyl groups is 1. The summed E-state index contributed by atoms with van der Waals surface area (Å²) < 4.78 is 23.9. The van der Waals surface area contributed by atoms with Crippen LogP contribution in [0.25, 0.3) is 0 Å². The molecule has 540 valence electrons. The molecule has 0 rings (SSSR count). The number of unbranched alkanes of at least 4 members (excludes halogenated alkanes) is 34. The summed E-state index contributed by atoms with van der Waals surface area (Å²) in [5.41, 5.74) is 0. The van der Waals surface area contributed by atoms with Gasteiger partial charge in [0.25, 0.3) is 0 Å². The van der Waals surface area contributed by atoms with Gasteiger partial charge in [0.15, 0.2) is 0 Å². The first-order valence-corrected chi connectivity index (χ1v) is 40.7. The summed E-state index contributed by atoms with van der Waals surface area (Å²) in [6.45, 7) is 4.78. The first kappa shape index (κ1) is 90.4. The summed E-state index contributed by atoms with van der Waals surface area (Å²) in [6, 6.07) is -0.788. The number of aliphatic hydroxyl groups excluding tert-OH is 1. The van der Waals surface area contributed by atoms with E-state index in [-0.39, 0.29) is 19.1 Å². The lowest BCUT2D eigenvalue weighted by atomic mass is 10.0. The Hall–Kier alpha value is -3.62. The molecule has 0 spiro atoms. The van der Waals surface area contributed by atoms with Crippen molar-refractivity contribution in [1.82, 2.24) is 5.32 Å². The molecule has 0 fully saturated rings. The zero-order chi connectivity index (χ0) is 68.3. The Morgan fingerprint density at radius 2 is 0.638 bits per heavy atom. The van der Waals surface area contributed by atoms with Crippen molar-refractivity contribution < 1.29 is 32.9 Å². The van der Waals surface area contributed by atoms with E-state index in [9.17, 15) is 19.4 Å². The van der Waals surface area contributed by atoms with Gasteiger partial charge in [-0.1, -0.05) is 372 Å². The molecule has 0 bridgehead atoms. The van der Waals surface area contributed by atoms with E-state index in [4.69, 9.17) is 9.05 Å². The molecule has 0 aliphatic heterocycles. The third-order valence-corrected chi connectivity index (χ3v) is 18.1. The third kappa shape index (κ3) is 75.8. The molecule has 8 nitrogen and oxygen atoms in total. The van der Waals surface area contributed by atoms with Gasteiger partial charge >= 0.3 is 7.82 Å². The maximum Gasteiger partial charge on any atom is 0.472 e. The monoisotopic (exact) mass is 1330 g/mol. The number of hydrogen-bond donors (Lipinski definition) is 3. The Kier molecular flexibility index (Phi) is 70.8. The van der Waals surface area contributed by atoms with Crippen LogP contribution in [0.2, 0.25) is 0 Å². The van der Waals surface area contributed by atoms with Crippen LogP contribution in [-0.4, -0.2) is 73.4 Å². The van der Waals surface area contributed by atoms with E-state index >= 15 is 0 Å². The predicted octanol–water partition coefficient (Wildman–Crippen LogP) is 25.9.